The van der Waals surface area contributed by atoms with Crippen molar-refractivity contribution in [3.05, 3.63) is 40.0 Å². The molecular weight excluding hydrogens is 185 g/mol. The maximum Gasteiger partial charge on any atom is 0.123 e. The molecule has 1 heterocycles. The van der Waals surface area contributed by atoms with E-state index in [0.717, 1.165) is 5.56 Å². The van der Waals surface area contributed by atoms with E-state index in [-0.39, 0.29) is 18.5 Å². The van der Waals surface area contributed by atoms with Gasteiger partial charge in [0, 0.05) is 16.9 Å². The Morgan fingerprint density at radius 2 is 2.50 bits per heavy atom. The average Bonchev–Trinajstić information content (AvgIpc) is 2.56. The maximum atomic E-state index is 12.8. The van der Waals surface area contributed by atoms with Crippen molar-refractivity contribution in [3.8, 4) is 5.75 Å². The molecule has 0 saturated heterocycles. The number of fused-ring (bicyclic) bond motifs is 1. The van der Waals surface area contributed by atoms with Gasteiger partial charge in [0.1, 0.15) is 17.7 Å². The number of halogens is 1. The summed E-state index contributed by atoms with van der Waals surface area (Å²) in [6.07, 6.45) is 0.453. The topological polar surface area (TPSA) is 58.0 Å². The van der Waals surface area contributed by atoms with Crippen LogP contribution in [-0.2, 0) is 6.42 Å². The lowest BCUT2D eigenvalue weighted by atomic mass is 10.1. The van der Waals surface area contributed by atoms with E-state index < -0.39 is 0 Å². The van der Waals surface area contributed by atoms with Crippen molar-refractivity contribution in [3.63, 3.8) is 0 Å². The quantitative estimate of drug-likeness (QED) is 0.404. The minimum Gasteiger partial charge on any atom is -0.490 e. The third-order valence-corrected chi connectivity index (χ3v) is 2.11. The zero-order chi connectivity index (χ0) is 9.97. The lowest BCUT2D eigenvalue weighted by molar-refractivity contribution is 0.241. The minimum absolute atomic E-state index is 0.150. The molecule has 0 unspecified atom stereocenters. The Hall–Kier alpha value is -1.74. The summed E-state index contributed by atoms with van der Waals surface area (Å²) in [6, 6.07) is 4.40. The first-order valence-corrected chi connectivity index (χ1v) is 4.25. The van der Waals surface area contributed by atoms with E-state index in [0.29, 0.717) is 12.2 Å². The molecule has 0 aliphatic carbocycles. The third-order valence-electron chi connectivity index (χ3n) is 2.11. The Kier molecular flexibility index (Phi) is 2.24. The number of ether oxygens (including phenoxy) is 1. The first kappa shape index (κ1) is 8.84. The first-order chi connectivity index (χ1) is 6.79. The molecule has 1 atom stereocenters. The van der Waals surface area contributed by atoms with Crippen molar-refractivity contribution in [2.45, 2.75) is 12.5 Å². The second-order valence-electron chi connectivity index (χ2n) is 3.11. The monoisotopic (exact) mass is 193 g/mol. The summed E-state index contributed by atoms with van der Waals surface area (Å²) in [5, 5.41) is 3.42. The smallest absolute Gasteiger partial charge is 0.123 e. The van der Waals surface area contributed by atoms with Gasteiger partial charge in [-0.3, -0.25) is 0 Å². The molecular formula is C9H8FN3O. The van der Waals surface area contributed by atoms with E-state index in [1.807, 2.05) is 0 Å². The predicted octanol–water partition coefficient (Wildman–Crippen LogP) is 2.44. The Morgan fingerprint density at radius 1 is 1.64 bits per heavy atom. The van der Waals surface area contributed by atoms with Crippen molar-refractivity contribution in [1.82, 2.24) is 0 Å². The van der Waals surface area contributed by atoms with Gasteiger partial charge in [-0.05, 0) is 23.7 Å². The van der Waals surface area contributed by atoms with E-state index >= 15 is 0 Å². The molecule has 4 nitrogen and oxygen atoms in total. The van der Waals surface area contributed by atoms with Crippen LogP contribution in [0.15, 0.2) is 23.3 Å². The van der Waals surface area contributed by atoms with Crippen LogP contribution >= 0.6 is 0 Å². The second-order valence-corrected chi connectivity index (χ2v) is 3.11. The molecule has 1 aromatic rings. The van der Waals surface area contributed by atoms with E-state index in [1.165, 1.54) is 12.1 Å². The third kappa shape index (κ3) is 1.63. The highest BCUT2D eigenvalue weighted by Crippen LogP contribution is 2.29. The summed E-state index contributed by atoms with van der Waals surface area (Å²) in [6.45, 7) is 0.285. The molecule has 0 aromatic heterocycles. The number of rotatable bonds is 2. The lowest BCUT2D eigenvalue weighted by Crippen LogP contribution is -2.16. The fourth-order valence-electron chi connectivity index (χ4n) is 1.52. The molecule has 0 fully saturated rings. The van der Waals surface area contributed by atoms with Crippen molar-refractivity contribution in [2.75, 3.05) is 6.54 Å². The van der Waals surface area contributed by atoms with Crippen LogP contribution in [0.3, 0.4) is 0 Å². The van der Waals surface area contributed by atoms with Gasteiger partial charge in [-0.15, -0.1) is 0 Å². The Morgan fingerprint density at radius 3 is 3.29 bits per heavy atom. The van der Waals surface area contributed by atoms with Gasteiger partial charge in [-0.1, -0.05) is 5.11 Å². The van der Waals surface area contributed by atoms with Crippen LogP contribution in [-0.4, -0.2) is 12.6 Å². The normalized spacial score (nSPS) is 18.2. The van der Waals surface area contributed by atoms with Crippen LogP contribution in [0, 0.1) is 5.82 Å². The van der Waals surface area contributed by atoms with Gasteiger partial charge in [0.2, 0.25) is 0 Å². The van der Waals surface area contributed by atoms with Crippen molar-refractivity contribution in [2.24, 2.45) is 5.11 Å². The molecule has 1 aliphatic rings. The molecule has 2 rings (SSSR count). The molecule has 0 amide bonds. The van der Waals surface area contributed by atoms with Crippen LogP contribution in [0.2, 0.25) is 0 Å². The molecule has 0 spiro atoms. The first-order valence-electron chi connectivity index (χ1n) is 4.25. The Labute approximate surface area is 79.9 Å². The maximum absolute atomic E-state index is 12.8. The fraction of sp³-hybridized carbons (Fsp3) is 0.333. The molecule has 72 valence electrons. The van der Waals surface area contributed by atoms with Gasteiger partial charge in [0.05, 0.1) is 6.54 Å². The summed E-state index contributed by atoms with van der Waals surface area (Å²) >= 11 is 0. The number of hydrogen-bond acceptors (Lipinski definition) is 2. The van der Waals surface area contributed by atoms with E-state index in [9.17, 15) is 4.39 Å². The van der Waals surface area contributed by atoms with Gasteiger partial charge in [0.15, 0.2) is 0 Å². The van der Waals surface area contributed by atoms with Crippen molar-refractivity contribution in [1.29, 1.82) is 0 Å². The molecule has 1 aromatic carbocycles. The molecule has 0 N–H and O–H groups in total. The Bertz CT molecular complexity index is 401. The Balaban J connectivity index is 2.13. The molecule has 0 saturated carbocycles. The van der Waals surface area contributed by atoms with E-state index in [1.54, 1.807) is 6.07 Å². The zero-order valence-electron chi connectivity index (χ0n) is 7.35. The van der Waals surface area contributed by atoms with Gasteiger partial charge >= 0.3 is 0 Å². The molecule has 1 aliphatic heterocycles. The van der Waals surface area contributed by atoms with Crippen LogP contribution in [0.5, 0.6) is 5.75 Å². The highest BCUT2D eigenvalue weighted by molar-refractivity contribution is 5.37. The standard InChI is InChI=1S/C9H8FN3O/c10-7-1-2-9-6(3-7)4-8(14-9)5-12-13-11/h1-3,8H,4-5H2/t8-/m0/s1. The molecule has 14 heavy (non-hydrogen) atoms. The van der Waals surface area contributed by atoms with Crippen LogP contribution in [0.25, 0.3) is 10.4 Å². The van der Waals surface area contributed by atoms with Crippen molar-refractivity contribution < 1.29 is 9.13 Å². The SMILES string of the molecule is [N-]=[N+]=NC[C@@H]1Cc2cc(F)ccc2O1. The van der Waals surface area contributed by atoms with Crippen LogP contribution in [0.4, 0.5) is 4.39 Å². The van der Waals surface area contributed by atoms with Crippen LogP contribution < -0.4 is 4.74 Å². The van der Waals surface area contributed by atoms with Gasteiger partial charge in [0.25, 0.3) is 0 Å². The number of nitrogens with zero attached hydrogens (tertiary/aromatic N) is 3. The highest BCUT2D eigenvalue weighted by Gasteiger charge is 2.22. The van der Waals surface area contributed by atoms with Gasteiger partial charge in [-0.2, -0.15) is 0 Å². The van der Waals surface area contributed by atoms with E-state index in [2.05, 4.69) is 10.0 Å². The number of azide groups is 1. The van der Waals surface area contributed by atoms with Gasteiger partial charge in [-0.25, -0.2) is 4.39 Å². The summed E-state index contributed by atoms with van der Waals surface area (Å²) in [5.41, 5.74) is 8.97. The summed E-state index contributed by atoms with van der Waals surface area (Å²) in [7, 11) is 0. The minimum atomic E-state index is -0.267. The zero-order valence-corrected chi connectivity index (χ0v) is 7.35. The lowest BCUT2D eigenvalue weighted by Gasteiger charge is -2.05. The number of hydrogen-bond donors (Lipinski definition) is 0. The molecule has 5 heteroatoms. The largest absolute Gasteiger partial charge is 0.490 e. The molecule has 0 bridgehead atoms. The predicted molar refractivity (Wildman–Crippen MR) is 48.5 cm³/mol. The average molecular weight is 193 g/mol. The summed E-state index contributed by atoms with van der Waals surface area (Å²) < 4.78 is 18.2. The second kappa shape index (κ2) is 3.55. The summed E-state index contributed by atoms with van der Waals surface area (Å²) in [5.74, 6) is 0.418. The molecule has 0 radical (unpaired) electrons. The van der Waals surface area contributed by atoms with E-state index in [4.69, 9.17) is 10.3 Å². The highest BCUT2D eigenvalue weighted by atomic mass is 19.1. The number of benzene rings is 1. The summed E-state index contributed by atoms with van der Waals surface area (Å²) in [4.78, 5) is 2.65. The van der Waals surface area contributed by atoms with Crippen molar-refractivity contribution >= 4 is 0 Å². The van der Waals surface area contributed by atoms with Crippen LogP contribution in [0.1, 0.15) is 5.56 Å². The fourth-order valence-corrected chi connectivity index (χ4v) is 1.52. The van der Waals surface area contributed by atoms with Gasteiger partial charge < -0.3 is 4.74 Å².